The van der Waals surface area contributed by atoms with Crippen molar-refractivity contribution in [1.82, 2.24) is 0 Å². The Hall–Kier alpha value is -1.32. The number of rotatable bonds is 5. The van der Waals surface area contributed by atoms with Gasteiger partial charge in [0.25, 0.3) is 0 Å². The van der Waals surface area contributed by atoms with Crippen LogP contribution in [0, 0.1) is 18.3 Å². The van der Waals surface area contributed by atoms with Crippen molar-refractivity contribution in [2.24, 2.45) is 11.3 Å². The summed E-state index contributed by atoms with van der Waals surface area (Å²) in [6, 6.07) is 6.98. The van der Waals surface area contributed by atoms with E-state index in [1.54, 1.807) is 24.3 Å². The molecule has 0 amide bonds. The van der Waals surface area contributed by atoms with E-state index in [1.165, 1.54) is 0 Å². The smallest absolute Gasteiger partial charge is 0.300 e. The van der Waals surface area contributed by atoms with E-state index in [0.29, 0.717) is 5.56 Å². The Labute approximate surface area is 124 Å². The summed E-state index contributed by atoms with van der Waals surface area (Å²) in [4.78, 5) is 11.9. The lowest BCUT2D eigenvalue weighted by Gasteiger charge is -2.22. The largest absolute Gasteiger partial charge is 0.392 e. The van der Waals surface area contributed by atoms with Crippen LogP contribution in [0.5, 0.6) is 0 Å². The van der Waals surface area contributed by atoms with Gasteiger partial charge in [-0.05, 0) is 24.3 Å². The highest BCUT2D eigenvalue weighted by Gasteiger charge is 2.40. The van der Waals surface area contributed by atoms with Crippen LogP contribution >= 0.6 is 0 Å². The molecule has 0 N–H and O–H groups in total. The van der Waals surface area contributed by atoms with E-state index < -0.39 is 18.5 Å². The van der Waals surface area contributed by atoms with Crippen molar-refractivity contribution in [3.63, 3.8) is 0 Å². The van der Waals surface area contributed by atoms with Gasteiger partial charge >= 0.3 is 6.18 Å². The Morgan fingerprint density at radius 3 is 2.05 bits per heavy atom. The number of carbonyl (C=O) groups excluding carboxylic acids is 1. The second-order valence-corrected chi connectivity index (χ2v) is 6.91. The molecule has 21 heavy (non-hydrogen) atoms. The second-order valence-electron chi connectivity index (χ2n) is 6.91. The van der Waals surface area contributed by atoms with E-state index in [2.05, 4.69) is 0 Å². The first-order valence-corrected chi connectivity index (χ1v) is 7.11. The van der Waals surface area contributed by atoms with Crippen LogP contribution in [-0.4, -0.2) is 12.0 Å². The lowest BCUT2D eigenvalue weighted by Crippen LogP contribution is -2.28. The number of hydrogen-bond donors (Lipinski definition) is 0. The summed E-state index contributed by atoms with van der Waals surface area (Å²) in [7, 11) is 0. The number of Topliss-reactive ketones (excluding diaryl/α,β-unsaturated/α-hetero) is 1. The van der Waals surface area contributed by atoms with Crippen LogP contribution in [0.1, 0.15) is 44.7 Å². The zero-order chi connectivity index (χ0) is 16.3. The minimum atomic E-state index is -4.35. The first-order chi connectivity index (χ1) is 9.47. The van der Waals surface area contributed by atoms with Crippen LogP contribution in [0.15, 0.2) is 24.3 Å². The minimum absolute atomic E-state index is 0.139. The molecule has 0 aliphatic rings. The highest BCUT2D eigenvalue weighted by Crippen LogP contribution is 2.33. The van der Waals surface area contributed by atoms with Crippen LogP contribution in [0.4, 0.5) is 13.2 Å². The number of hydrogen-bond acceptors (Lipinski definition) is 1. The van der Waals surface area contributed by atoms with E-state index >= 15 is 0 Å². The predicted octanol–water partition coefficient (Wildman–Crippen LogP) is 5.11. The lowest BCUT2D eigenvalue weighted by molar-refractivity contribution is -0.178. The van der Waals surface area contributed by atoms with Crippen molar-refractivity contribution in [2.75, 3.05) is 0 Å². The molecule has 0 bridgehead atoms. The van der Waals surface area contributed by atoms with Crippen LogP contribution < -0.4 is 0 Å². The SMILES string of the molecule is Cc1ccc(CC(CC(=O)CC(C)(C)C)C(F)(F)F)cc1. The fraction of sp³-hybridized carbons (Fsp3) is 0.588. The van der Waals surface area contributed by atoms with Gasteiger partial charge in [-0.3, -0.25) is 4.79 Å². The van der Waals surface area contributed by atoms with Gasteiger partial charge in [0.05, 0.1) is 5.92 Å². The standard InChI is InChI=1S/C17H23F3O/c1-12-5-7-13(8-6-12)9-14(17(18,19)20)10-15(21)11-16(2,3)4/h5-8,14H,9-11H2,1-4H3. The number of ketones is 1. The summed E-state index contributed by atoms with van der Waals surface area (Å²) in [6.07, 6.45) is -4.75. The predicted molar refractivity (Wildman–Crippen MR) is 78.1 cm³/mol. The molecule has 0 aromatic heterocycles. The van der Waals surface area contributed by atoms with Gasteiger partial charge in [0, 0.05) is 12.8 Å². The number of carbonyl (C=O) groups is 1. The molecular formula is C17H23F3O. The molecule has 1 aromatic rings. The van der Waals surface area contributed by atoms with E-state index in [1.807, 2.05) is 27.7 Å². The van der Waals surface area contributed by atoms with Crippen molar-refractivity contribution in [3.05, 3.63) is 35.4 Å². The molecule has 1 rings (SSSR count). The topological polar surface area (TPSA) is 17.1 Å². The molecule has 1 aromatic carbocycles. The third-order valence-corrected chi connectivity index (χ3v) is 3.27. The normalized spacial score (nSPS) is 14.0. The van der Waals surface area contributed by atoms with Gasteiger partial charge in [-0.2, -0.15) is 13.2 Å². The van der Waals surface area contributed by atoms with Crippen molar-refractivity contribution in [2.45, 2.75) is 53.1 Å². The van der Waals surface area contributed by atoms with Gasteiger partial charge in [0.15, 0.2) is 0 Å². The monoisotopic (exact) mass is 300 g/mol. The van der Waals surface area contributed by atoms with Crippen molar-refractivity contribution >= 4 is 5.78 Å². The Kier molecular flexibility index (Phi) is 5.60. The molecule has 0 heterocycles. The van der Waals surface area contributed by atoms with Gasteiger partial charge in [-0.1, -0.05) is 50.6 Å². The molecule has 4 heteroatoms. The zero-order valence-corrected chi connectivity index (χ0v) is 13.1. The number of benzene rings is 1. The summed E-state index contributed by atoms with van der Waals surface area (Å²) in [5, 5.41) is 0. The van der Waals surface area contributed by atoms with Crippen molar-refractivity contribution < 1.29 is 18.0 Å². The average molecular weight is 300 g/mol. The number of alkyl halides is 3. The Bertz CT molecular complexity index is 466. The van der Waals surface area contributed by atoms with Crippen LogP contribution in [0.2, 0.25) is 0 Å². The fourth-order valence-corrected chi connectivity index (χ4v) is 2.25. The van der Waals surface area contributed by atoms with E-state index in [0.717, 1.165) is 5.56 Å². The summed E-state index contributed by atoms with van der Waals surface area (Å²) < 4.78 is 39.4. The summed E-state index contributed by atoms with van der Waals surface area (Å²) in [5.41, 5.74) is 1.34. The molecule has 118 valence electrons. The molecule has 0 radical (unpaired) electrons. The molecule has 0 saturated carbocycles. The molecule has 0 aliphatic heterocycles. The van der Waals surface area contributed by atoms with Crippen molar-refractivity contribution in [3.8, 4) is 0 Å². The highest BCUT2D eigenvalue weighted by atomic mass is 19.4. The quantitative estimate of drug-likeness (QED) is 0.738. The van der Waals surface area contributed by atoms with E-state index in [9.17, 15) is 18.0 Å². The highest BCUT2D eigenvalue weighted by molar-refractivity contribution is 5.79. The summed E-state index contributed by atoms with van der Waals surface area (Å²) in [5.74, 6) is -1.92. The third kappa shape index (κ3) is 6.78. The molecule has 1 nitrogen and oxygen atoms in total. The lowest BCUT2D eigenvalue weighted by atomic mass is 9.85. The van der Waals surface area contributed by atoms with Gasteiger partial charge in [0.2, 0.25) is 0 Å². The first-order valence-electron chi connectivity index (χ1n) is 7.11. The Morgan fingerprint density at radius 2 is 1.62 bits per heavy atom. The molecule has 0 saturated heterocycles. The first kappa shape index (κ1) is 17.7. The summed E-state index contributed by atoms with van der Waals surface area (Å²) in [6.45, 7) is 7.45. The molecule has 0 spiro atoms. The van der Waals surface area contributed by atoms with Gasteiger partial charge < -0.3 is 0 Å². The fourth-order valence-electron chi connectivity index (χ4n) is 2.25. The van der Waals surface area contributed by atoms with Gasteiger partial charge in [-0.25, -0.2) is 0 Å². The van der Waals surface area contributed by atoms with E-state index in [-0.39, 0.29) is 24.0 Å². The number of halogens is 3. The maximum Gasteiger partial charge on any atom is 0.392 e. The van der Waals surface area contributed by atoms with Gasteiger partial charge in [-0.15, -0.1) is 0 Å². The van der Waals surface area contributed by atoms with Crippen LogP contribution in [0.25, 0.3) is 0 Å². The molecule has 1 unspecified atom stereocenters. The third-order valence-electron chi connectivity index (χ3n) is 3.27. The van der Waals surface area contributed by atoms with Crippen molar-refractivity contribution in [1.29, 1.82) is 0 Å². The average Bonchev–Trinajstić information content (AvgIpc) is 2.27. The summed E-state index contributed by atoms with van der Waals surface area (Å²) >= 11 is 0. The van der Waals surface area contributed by atoms with Crippen LogP contribution in [-0.2, 0) is 11.2 Å². The molecule has 0 aliphatic carbocycles. The molecule has 0 fully saturated rings. The molecule has 1 atom stereocenters. The maximum atomic E-state index is 13.1. The zero-order valence-electron chi connectivity index (χ0n) is 13.1. The van der Waals surface area contributed by atoms with Gasteiger partial charge in [0.1, 0.15) is 5.78 Å². The van der Waals surface area contributed by atoms with E-state index in [4.69, 9.17) is 0 Å². The van der Waals surface area contributed by atoms with Crippen LogP contribution in [0.3, 0.4) is 0 Å². The Morgan fingerprint density at radius 1 is 1.10 bits per heavy atom. The maximum absolute atomic E-state index is 13.1. The molecular weight excluding hydrogens is 277 g/mol. The number of aryl methyl sites for hydroxylation is 1. The second kappa shape index (κ2) is 6.63. The minimum Gasteiger partial charge on any atom is -0.300 e. The Balaban J connectivity index is 2.77.